The van der Waals surface area contributed by atoms with Crippen LogP contribution in [-0.4, -0.2) is 37.0 Å². The van der Waals surface area contributed by atoms with Gasteiger partial charge in [0.1, 0.15) is 5.82 Å². The number of halogens is 3. The number of hydrogen-bond donors (Lipinski definition) is 1. The summed E-state index contributed by atoms with van der Waals surface area (Å²) in [7, 11) is 0. The van der Waals surface area contributed by atoms with Crippen LogP contribution in [0, 0.1) is 12.7 Å². The monoisotopic (exact) mass is 272 g/mol. The van der Waals surface area contributed by atoms with Gasteiger partial charge in [0.15, 0.2) is 0 Å². The lowest BCUT2D eigenvalue weighted by molar-refractivity contribution is 0.0769. The van der Waals surface area contributed by atoms with Crippen LogP contribution in [0.15, 0.2) is 18.2 Å². The second kappa shape index (κ2) is 6.28. The summed E-state index contributed by atoms with van der Waals surface area (Å²) in [6, 6.07) is 5.24. The summed E-state index contributed by atoms with van der Waals surface area (Å²) >= 11 is 0. The van der Waals surface area contributed by atoms with Gasteiger partial charge in [0.25, 0.3) is 6.43 Å². The van der Waals surface area contributed by atoms with Crippen molar-refractivity contribution in [3.8, 4) is 0 Å². The zero-order valence-electron chi connectivity index (χ0n) is 11.0. The van der Waals surface area contributed by atoms with Gasteiger partial charge in [-0.15, -0.1) is 0 Å². The number of hydrogen-bond acceptors (Lipinski definition) is 2. The molecule has 5 heteroatoms. The van der Waals surface area contributed by atoms with Gasteiger partial charge in [-0.1, -0.05) is 6.07 Å². The van der Waals surface area contributed by atoms with E-state index < -0.39 is 6.43 Å². The van der Waals surface area contributed by atoms with Crippen LogP contribution in [-0.2, 0) is 0 Å². The lowest BCUT2D eigenvalue weighted by Gasteiger charge is -2.32. The maximum absolute atomic E-state index is 13.7. The number of benzene rings is 1. The minimum absolute atomic E-state index is 0.158. The van der Waals surface area contributed by atoms with E-state index in [-0.39, 0.29) is 18.4 Å². The van der Waals surface area contributed by atoms with Crippen LogP contribution in [0.5, 0.6) is 0 Å². The van der Waals surface area contributed by atoms with E-state index in [9.17, 15) is 13.2 Å². The molecule has 0 unspecified atom stereocenters. The number of piperidine rings is 1. The summed E-state index contributed by atoms with van der Waals surface area (Å²) in [6.07, 6.45) is -0.751. The number of nitrogens with one attached hydrogen (secondary N) is 1. The zero-order valence-corrected chi connectivity index (χ0v) is 11.0. The molecule has 0 spiro atoms. The maximum atomic E-state index is 13.7. The number of anilines is 1. The lowest BCUT2D eigenvalue weighted by Crippen LogP contribution is -2.41. The fourth-order valence-electron chi connectivity index (χ4n) is 2.41. The van der Waals surface area contributed by atoms with Crippen LogP contribution in [0.2, 0.25) is 0 Å². The van der Waals surface area contributed by atoms with Gasteiger partial charge in [-0.25, -0.2) is 13.2 Å². The molecule has 0 saturated carbocycles. The number of rotatable bonds is 4. The van der Waals surface area contributed by atoms with Gasteiger partial charge in [0.2, 0.25) is 0 Å². The van der Waals surface area contributed by atoms with E-state index >= 15 is 0 Å². The molecular formula is C14H19F3N2. The molecule has 1 heterocycles. The van der Waals surface area contributed by atoms with E-state index in [1.807, 2.05) is 13.0 Å². The molecule has 19 heavy (non-hydrogen) atoms. The molecule has 1 aromatic carbocycles. The van der Waals surface area contributed by atoms with Gasteiger partial charge < -0.3 is 5.32 Å². The Labute approximate surface area is 111 Å². The van der Waals surface area contributed by atoms with Gasteiger partial charge in [0.05, 0.1) is 12.2 Å². The third-order valence-corrected chi connectivity index (χ3v) is 3.47. The molecule has 0 amide bonds. The molecule has 1 fully saturated rings. The van der Waals surface area contributed by atoms with Gasteiger partial charge in [-0.3, -0.25) is 4.90 Å². The van der Waals surface area contributed by atoms with E-state index in [1.54, 1.807) is 11.0 Å². The summed E-state index contributed by atoms with van der Waals surface area (Å²) in [5.41, 5.74) is 1.38. The minimum atomic E-state index is -2.28. The first-order valence-electron chi connectivity index (χ1n) is 6.58. The fourth-order valence-corrected chi connectivity index (χ4v) is 2.41. The molecule has 1 aliphatic rings. The van der Waals surface area contributed by atoms with E-state index in [0.29, 0.717) is 18.8 Å². The first-order valence-corrected chi connectivity index (χ1v) is 6.58. The SMILES string of the molecule is Cc1ccc(NC2CCN(CC(F)F)CC2)c(F)c1. The fraction of sp³-hybridized carbons (Fsp3) is 0.571. The summed E-state index contributed by atoms with van der Waals surface area (Å²) in [5.74, 6) is -0.255. The molecule has 0 atom stereocenters. The van der Waals surface area contributed by atoms with E-state index in [2.05, 4.69) is 5.32 Å². The number of nitrogens with zero attached hydrogens (tertiary/aromatic N) is 1. The molecule has 0 aromatic heterocycles. The maximum Gasteiger partial charge on any atom is 0.251 e. The third-order valence-electron chi connectivity index (χ3n) is 3.47. The minimum Gasteiger partial charge on any atom is -0.380 e. The van der Waals surface area contributed by atoms with E-state index in [0.717, 1.165) is 18.4 Å². The summed E-state index contributed by atoms with van der Waals surface area (Å²) < 4.78 is 38.2. The van der Waals surface area contributed by atoms with Crippen molar-refractivity contribution in [2.45, 2.75) is 32.2 Å². The van der Waals surface area contributed by atoms with Crippen molar-refractivity contribution in [2.24, 2.45) is 0 Å². The van der Waals surface area contributed by atoms with Crippen LogP contribution in [0.25, 0.3) is 0 Å². The van der Waals surface area contributed by atoms with Crippen molar-refractivity contribution in [1.29, 1.82) is 0 Å². The number of alkyl halides is 2. The van der Waals surface area contributed by atoms with Crippen LogP contribution in [0.3, 0.4) is 0 Å². The van der Waals surface area contributed by atoms with Gasteiger partial charge in [-0.05, 0) is 37.5 Å². The van der Waals surface area contributed by atoms with Crippen molar-refractivity contribution in [2.75, 3.05) is 25.0 Å². The standard InChI is InChI=1S/C14H19F3N2/c1-10-2-3-13(12(15)8-10)18-11-4-6-19(7-5-11)9-14(16)17/h2-3,8,11,14,18H,4-7,9H2,1H3. The second-order valence-corrected chi connectivity index (χ2v) is 5.09. The van der Waals surface area contributed by atoms with Crippen LogP contribution < -0.4 is 5.32 Å². The van der Waals surface area contributed by atoms with Crippen LogP contribution >= 0.6 is 0 Å². The first kappa shape index (κ1) is 14.2. The molecule has 2 nitrogen and oxygen atoms in total. The Morgan fingerprint density at radius 1 is 1.32 bits per heavy atom. The smallest absolute Gasteiger partial charge is 0.251 e. The molecule has 0 aliphatic carbocycles. The summed E-state index contributed by atoms with van der Waals surface area (Å²) in [4.78, 5) is 1.76. The molecule has 2 rings (SSSR count). The van der Waals surface area contributed by atoms with Crippen LogP contribution in [0.4, 0.5) is 18.9 Å². The number of aryl methyl sites for hydroxylation is 1. The quantitative estimate of drug-likeness (QED) is 0.905. The normalized spacial score (nSPS) is 17.9. The Bertz CT molecular complexity index is 415. The second-order valence-electron chi connectivity index (χ2n) is 5.09. The van der Waals surface area contributed by atoms with Crippen molar-refractivity contribution in [3.05, 3.63) is 29.6 Å². The van der Waals surface area contributed by atoms with E-state index in [4.69, 9.17) is 0 Å². The van der Waals surface area contributed by atoms with Gasteiger partial charge >= 0.3 is 0 Å². The highest BCUT2D eigenvalue weighted by Crippen LogP contribution is 2.20. The van der Waals surface area contributed by atoms with Gasteiger partial charge in [-0.2, -0.15) is 0 Å². The van der Waals surface area contributed by atoms with Gasteiger partial charge in [0, 0.05) is 19.1 Å². The Kier molecular flexibility index (Phi) is 4.69. The highest BCUT2D eigenvalue weighted by molar-refractivity contribution is 5.47. The van der Waals surface area contributed by atoms with Crippen molar-refractivity contribution in [1.82, 2.24) is 4.90 Å². The highest BCUT2D eigenvalue weighted by atomic mass is 19.3. The lowest BCUT2D eigenvalue weighted by atomic mass is 10.0. The van der Waals surface area contributed by atoms with Crippen molar-refractivity contribution in [3.63, 3.8) is 0 Å². The van der Waals surface area contributed by atoms with Crippen LogP contribution in [0.1, 0.15) is 18.4 Å². The Balaban J connectivity index is 1.85. The molecular weight excluding hydrogens is 253 g/mol. The number of likely N-dealkylation sites (tertiary alicyclic amines) is 1. The Hall–Kier alpha value is -1.23. The van der Waals surface area contributed by atoms with Crippen molar-refractivity contribution < 1.29 is 13.2 Å². The molecule has 0 radical (unpaired) electrons. The zero-order chi connectivity index (χ0) is 13.8. The molecule has 1 N–H and O–H groups in total. The topological polar surface area (TPSA) is 15.3 Å². The van der Waals surface area contributed by atoms with Crippen molar-refractivity contribution >= 4 is 5.69 Å². The predicted octanol–water partition coefficient (Wildman–Crippen LogP) is 3.28. The molecule has 106 valence electrons. The third kappa shape index (κ3) is 4.13. The predicted molar refractivity (Wildman–Crippen MR) is 70.2 cm³/mol. The Morgan fingerprint density at radius 2 is 2.00 bits per heavy atom. The average molecular weight is 272 g/mol. The summed E-state index contributed by atoms with van der Waals surface area (Å²) in [6.45, 7) is 2.95. The summed E-state index contributed by atoms with van der Waals surface area (Å²) in [5, 5.41) is 3.16. The first-order chi connectivity index (χ1) is 9.04. The molecule has 1 aromatic rings. The molecule has 1 saturated heterocycles. The Morgan fingerprint density at radius 3 is 2.58 bits per heavy atom. The average Bonchev–Trinajstić information content (AvgIpc) is 2.34. The molecule has 1 aliphatic heterocycles. The molecule has 0 bridgehead atoms. The largest absolute Gasteiger partial charge is 0.380 e. The van der Waals surface area contributed by atoms with E-state index in [1.165, 1.54) is 6.07 Å². The highest BCUT2D eigenvalue weighted by Gasteiger charge is 2.21.